The minimum atomic E-state index is 0.185. The molecule has 2 aromatic carbocycles. The van der Waals surface area contributed by atoms with Crippen LogP contribution in [0.5, 0.6) is 0 Å². The van der Waals surface area contributed by atoms with Gasteiger partial charge < -0.3 is 4.90 Å². The van der Waals surface area contributed by atoms with Gasteiger partial charge in [0.25, 0.3) is 0 Å². The summed E-state index contributed by atoms with van der Waals surface area (Å²) in [5.41, 5.74) is 2.01. The van der Waals surface area contributed by atoms with Crippen molar-refractivity contribution in [1.82, 2.24) is 0 Å². The summed E-state index contributed by atoms with van der Waals surface area (Å²) in [4.78, 5) is 14.6. The van der Waals surface area contributed by atoms with Crippen LogP contribution in [0.2, 0.25) is 5.02 Å². The fraction of sp³-hybridized carbons (Fsp3) is 0.278. The van der Waals surface area contributed by atoms with Crippen molar-refractivity contribution in [3.63, 3.8) is 0 Å². The van der Waals surface area contributed by atoms with Crippen LogP contribution in [0, 0.1) is 5.92 Å². The molecule has 0 unspecified atom stereocenters. The Labute approximate surface area is 130 Å². The highest BCUT2D eigenvalue weighted by atomic mass is 35.5. The lowest BCUT2D eigenvalue weighted by Crippen LogP contribution is -2.38. The molecule has 0 spiro atoms. The first-order valence-electron chi connectivity index (χ1n) is 7.35. The van der Waals surface area contributed by atoms with E-state index in [1.165, 1.54) is 0 Å². The Morgan fingerprint density at radius 2 is 1.86 bits per heavy atom. The number of carbonyl (C=O) groups is 1. The van der Waals surface area contributed by atoms with Crippen LogP contribution in [0.25, 0.3) is 0 Å². The second kappa shape index (κ2) is 6.31. The van der Waals surface area contributed by atoms with Gasteiger partial charge in [-0.05, 0) is 42.7 Å². The second-order valence-corrected chi connectivity index (χ2v) is 5.95. The number of amides is 1. The molecule has 21 heavy (non-hydrogen) atoms. The van der Waals surface area contributed by atoms with E-state index in [1.807, 2.05) is 59.5 Å². The van der Waals surface area contributed by atoms with Crippen LogP contribution in [0.3, 0.4) is 0 Å². The molecule has 2 aromatic rings. The molecule has 1 aliphatic carbocycles. The monoisotopic (exact) mass is 299 g/mol. The zero-order chi connectivity index (χ0) is 14.7. The minimum Gasteiger partial charge on any atom is -0.308 e. The SMILES string of the molecule is O=C(C1CCC1)N(Cc1cccc(Cl)c1)c1ccccc1. The van der Waals surface area contributed by atoms with Crippen molar-refractivity contribution in [3.05, 3.63) is 65.2 Å². The van der Waals surface area contributed by atoms with Crippen LogP contribution in [0.4, 0.5) is 5.69 Å². The lowest BCUT2D eigenvalue weighted by Gasteiger charge is -2.32. The Hall–Kier alpha value is -1.80. The molecule has 1 amide bonds. The molecule has 0 aromatic heterocycles. The topological polar surface area (TPSA) is 20.3 Å². The number of halogens is 1. The average Bonchev–Trinajstić information content (AvgIpc) is 2.44. The maximum absolute atomic E-state index is 12.7. The Balaban J connectivity index is 1.86. The first kappa shape index (κ1) is 14.2. The number of benzene rings is 2. The predicted molar refractivity (Wildman–Crippen MR) is 86.4 cm³/mol. The van der Waals surface area contributed by atoms with Crippen molar-refractivity contribution >= 4 is 23.2 Å². The van der Waals surface area contributed by atoms with Crippen LogP contribution >= 0.6 is 11.6 Å². The zero-order valence-corrected chi connectivity index (χ0v) is 12.6. The molecule has 3 heteroatoms. The van der Waals surface area contributed by atoms with Crippen molar-refractivity contribution in [2.75, 3.05) is 4.90 Å². The molecule has 1 aliphatic rings. The molecule has 0 N–H and O–H groups in total. The van der Waals surface area contributed by atoms with E-state index < -0.39 is 0 Å². The van der Waals surface area contributed by atoms with E-state index >= 15 is 0 Å². The van der Waals surface area contributed by atoms with Gasteiger partial charge in [-0.1, -0.05) is 48.4 Å². The van der Waals surface area contributed by atoms with E-state index in [2.05, 4.69) is 0 Å². The average molecular weight is 300 g/mol. The van der Waals surface area contributed by atoms with Gasteiger partial charge in [0.05, 0.1) is 6.54 Å². The summed E-state index contributed by atoms with van der Waals surface area (Å²) in [5, 5.41) is 0.705. The van der Waals surface area contributed by atoms with Crippen LogP contribution < -0.4 is 4.90 Å². The molecular weight excluding hydrogens is 282 g/mol. The molecule has 3 rings (SSSR count). The summed E-state index contributed by atoms with van der Waals surface area (Å²) in [7, 11) is 0. The zero-order valence-electron chi connectivity index (χ0n) is 11.8. The summed E-state index contributed by atoms with van der Waals surface area (Å²) < 4.78 is 0. The van der Waals surface area contributed by atoms with Crippen LogP contribution in [-0.4, -0.2) is 5.91 Å². The molecule has 0 heterocycles. The van der Waals surface area contributed by atoms with Gasteiger partial charge in [0.15, 0.2) is 0 Å². The normalized spacial score (nSPS) is 14.5. The van der Waals surface area contributed by atoms with Crippen molar-refractivity contribution in [3.8, 4) is 0 Å². The highest BCUT2D eigenvalue weighted by molar-refractivity contribution is 6.30. The van der Waals surface area contributed by atoms with E-state index in [9.17, 15) is 4.79 Å². The number of hydrogen-bond acceptors (Lipinski definition) is 1. The molecule has 1 fully saturated rings. The van der Waals surface area contributed by atoms with Crippen LogP contribution in [0.1, 0.15) is 24.8 Å². The summed E-state index contributed by atoms with van der Waals surface area (Å²) in [6, 6.07) is 17.6. The number of nitrogens with zero attached hydrogens (tertiary/aromatic N) is 1. The number of para-hydroxylation sites is 1. The summed E-state index contributed by atoms with van der Waals surface area (Å²) in [5.74, 6) is 0.414. The van der Waals surface area contributed by atoms with Crippen molar-refractivity contribution < 1.29 is 4.79 Å². The highest BCUT2D eigenvalue weighted by Gasteiger charge is 2.30. The van der Waals surface area contributed by atoms with Gasteiger partial charge in [0, 0.05) is 16.6 Å². The van der Waals surface area contributed by atoms with Gasteiger partial charge >= 0.3 is 0 Å². The van der Waals surface area contributed by atoms with Gasteiger partial charge in [-0.15, -0.1) is 0 Å². The van der Waals surface area contributed by atoms with Crippen LogP contribution in [0.15, 0.2) is 54.6 Å². The van der Waals surface area contributed by atoms with E-state index in [1.54, 1.807) is 0 Å². The quantitative estimate of drug-likeness (QED) is 0.803. The first-order valence-corrected chi connectivity index (χ1v) is 7.73. The van der Waals surface area contributed by atoms with Gasteiger partial charge in [-0.25, -0.2) is 0 Å². The Morgan fingerprint density at radius 3 is 2.48 bits per heavy atom. The van der Waals surface area contributed by atoms with E-state index in [0.29, 0.717) is 11.6 Å². The van der Waals surface area contributed by atoms with Crippen molar-refractivity contribution in [1.29, 1.82) is 0 Å². The van der Waals surface area contributed by atoms with Gasteiger partial charge in [-0.2, -0.15) is 0 Å². The third kappa shape index (κ3) is 3.27. The largest absolute Gasteiger partial charge is 0.308 e. The molecule has 1 saturated carbocycles. The first-order chi connectivity index (χ1) is 10.2. The van der Waals surface area contributed by atoms with Crippen molar-refractivity contribution in [2.24, 2.45) is 5.92 Å². The molecule has 0 atom stereocenters. The summed E-state index contributed by atoms with van der Waals surface area (Å²) >= 11 is 6.05. The van der Waals surface area contributed by atoms with Gasteiger partial charge in [0.1, 0.15) is 0 Å². The van der Waals surface area contributed by atoms with Crippen molar-refractivity contribution in [2.45, 2.75) is 25.8 Å². The number of anilines is 1. The predicted octanol–water partition coefficient (Wildman–Crippen LogP) is 4.67. The van der Waals surface area contributed by atoms with Crippen LogP contribution in [-0.2, 0) is 11.3 Å². The molecule has 0 saturated heterocycles. The van der Waals surface area contributed by atoms with E-state index in [4.69, 9.17) is 11.6 Å². The maximum Gasteiger partial charge on any atom is 0.230 e. The second-order valence-electron chi connectivity index (χ2n) is 5.52. The Morgan fingerprint density at radius 1 is 1.10 bits per heavy atom. The Kier molecular flexibility index (Phi) is 4.26. The fourth-order valence-electron chi connectivity index (χ4n) is 2.60. The standard InChI is InChI=1S/C18H18ClNO/c19-16-9-4-6-14(12-16)13-20(17-10-2-1-3-11-17)18(21)15-7-5-8-15/h1-4,6,9-12,15H,5,7-8,13H2. The maximum atomic E-state index is 12.7. The van der Waals surface area contributed by atoms with E-state index in [-0.39, 0.29) is 11.8 Å². The smallest absolute Gasteiger partial charge is 0.230 e. The highest BCUT2D eigenvalue weighted by Crippen LogP contribution is 2.31. The molecular formula is C18H18ClNO. The lowest BCUT2D eigenvalue weighted by atomic mass is 9.84. The number of carbonyl (C=O) groups excluding carboxylic acids is 1. The van der Waals surface area contributed by atoms with Gasteiger partial charge in [-0.3, -0.25) is 4.79 Å². The molecule has 2 nitrogen and oxygen atoms in total. The fourth-order valence-corrected chi connectivity index (χ4v) is 2.81. The molecule has 0 radical (unpaired) electrons. The number of hydrogen-bond donors (Lipinski definition) is 0. The molecule has 0 aliphatic heterocycles. The Bertz CT molecular complexity index is 622. The number of rotatable bonds is 4. The van der Waals surface area contributed by atoms with Gasteiger partial charge in [0.2, 0.25) is 5.91 Å². The minimum absolute atomic E-state index is 0.185. The molecule has 0 bridgehead atoms. The lowest BCUT2D eigenvalue weighted by molar-refractivity contribution is -0.124. The summed E-state index contributed by atoms with van der Waals surface area (Å²) in [6.07, 6.45) is 3.19. The molecule has 108 valence electrons. The third-order valence-corrected chi connectivity index (χ3v) is 4.25. The third-order valence-electron chi connectivity index (χ3n) is 4.02. The summed E-state index contributed by atoms with van der Waals surface area (Å²) in [6.45, 7) is 0.569. The van der Waals surface area contributed by atoms with E-state index in [0.717, 1.165) is 30.5 Å².